The van der Waals surface area contributed by atoms with Crippen LogP contribution in [0.5, 0.6) is 0 Å². The fourth-order valence-electron chi connectivity index (χ4n) is 2.60. The number of aryl methyl sites for hydroxylation is 1. The lowest BCUT2D eigenvalue weighted by Gasteiger charge is -2.24. The van der Waals surface area contributed by atoms with Gasteiger partial charge in [-0.3, -0.25) is 9.10 Å². The van der Waals surface area contributed by atoms with E-state index in [9.17, 15) is 13.2 Å². The molecule has 0 radical (unpaired) electrons. The number of hydrogen-bond acceptors (Lipinski definition) is 3. The van der Waals surface area contributed by atoms with Crippen LogP contribution in [-0.2, 0) is 14.8 Å². The molecule has 2 aromatic carbocycles. The fraction of sp³-hybridized carbons (Fsp3) is 0.316. The summed E-state index contributed by atoms with van der Waals surface area (Å²) in [4.78, 5) is 12.0. The van der Waals surface area contributed by atoms with Crippen LogP contribution in [0.4, 0.5) is 11.4 Å². The van der Waals surface area contributed by atoms with Crippen molar-refractivity contribution in [2.75, 3.05) is 22.4 Å². The average molecular weight is 360 g/mol. The molecular formula is C19H24N2O3S. The Morgan fingerprint density at radius 3 is 2.36 bits per heavy atom. The maximum absolute atomic E-state index is 12.2. The molecule has 0 aliphatic carbocycles. The van der Waals surface area contributed by atoms with Crippen molar-refractivity contribution in [3.05, 3.63) is 59.7 Å². The second-order valence-corrected chi connectivity index (χ2v) is 7.98. The number of sulfonamides is 1. The molecule has 0 aliphatic heterocycles. The van der Waals surface area contributed by atoms with Crippen LogP contribution in [0.1, 0.15) is 24.0 Å². The van der Waals surface area contributed by atoms with Gasteiger partial charge >= 0.3 is 0 Å². The van der Waals surface area contributed by atoms with Crippen molar-refractivity contribution in [1.29, 1.82) is 0 Å². The first-order valence-corrected chi connectivity index (χ1v) is 10.0. The van der Waals surface area contributed by atoms with Crippen LogP contribution in [0.15, 0.2) is 48.5 Å². The van der Waals surface area contributed by atoms with E-state index in [4.69, 9.17) is 0 Å². The molecule has 6 heteroatoms. The van der Waals surface area contributed by atoms with E-state index in [0.29, 0.717) is 12.1 Å². The molecule has 0 fully saturated rings. The third-order valence-electron chi connectivity index (χ3n) is 4.07. The molecule has 0 atom stereocenters. The molecular weight excluding hydrogens is 336 g/mol. The lowest BCUT2D eigenvalue weighted by atomic mass is 10.1. The van der Waals surface area contributed by atoms with E-state index < -0.39 is 10.0 Å². The summed E-state index contributed by atoms with van der Waals surface area (Å²) in [5, 5.41) is 2.81. The normalized spacial score (nSPS) is 11.2. The largest absolute Gasteiger partial charge is 0.326 e. The summed E-state index contributed by atoms with van der Waals surface area (Å²) in [5.41, 5.74) is 3.38. The van der Waals surface area contributed by atoms with Crippen molar-refractivity contribution in [3.8, 4) is 0 Å². The van der Waals surface area contributed by atoms with E-state index >= 15 is 0 Å². The standard InChI is InChI=1S/C19H24N2O3S/c1-15-9-7-12-18(16(15)2)21(25(3,23)24)14-8-13-19(22)20-17-10-5-4-6-11-17/h4-7,9-12H,8,13-14H2,1-3H3,(H,20,22). The van der Waals surface area contributed by atoms with Crippen molar-refractivity contribution in [2.24, 2.45) is 0 Å². The number of carbonyl (C=O) groups is 1. The summed E-state index contributed by atoms with van der Waals surface area (Å²) in [7, 11) is -3.41. The number of hydrogen-bond donors (Lipinski definition) is 1. The zero-order valence-corrected chi connectivity index (χ0v) is 15.6. The summed E-state index contributed by atoms with van der Waals surface area (Å²) in [6.45, 7) is 4.13. The minimum Gasteiger partial charge on any atom is -0.326 e. The SMILES string of the molecule is Cc1cccc(N(CCCC(=O)Nc2ccccc2)S(C)(=O)=O)c1C. The van der Waals surface area contributed by atoms with Gasteiger partial charge in [0.2, 0.25) is 15.9 Å². The molecule has 0 bridgehead atoms. The highest BCUT2D eigenvalue weighted by Gasteiger charge is 2.19. The Morgan fingerprint density at radius 2 is 1.72 bits per heavy atom. The smallest absolute Gasteiger partial charge is 0.232 e. The van der Waals surface area contributed by atoms with E-state index in [0.717, 1.165) is 16.8 Å². The number of nitrogens with zero attached hydrogens (tertiary/aromatic N) is 1. The number of rotatable bonds is 7. The molecule has 2 aromatic rings. The van der Waals surface area contributed by atoms with Gasteiger partial charge in [0.25, 0.3) is 0 Å². The third kappa shape index (κ3) is 5.32. The molecule has 0 unspecified atom stereocenters. The highest BCUT2D eigenvalue weighted by molar-refractivity contribution is 7.92. The summed E-state index contributed by atoms with van der Waals surface area (Å²) in [5.74, 6) is -0.124. The van der Waals surface area contributed by atoms with Gasteiger partial charge in [-0.1, -0.05) is 30.3 Å². The summed E-state index contributed by atoms with van der Waals surface area (Å²) in [6, 6.07) is 14.8. The average Bonchev–Trinajstić information content (AvgIpc) is 2.54. The first-order chi connectivity index (χ1) is 11.8. The zero-order valence-electron chi connectivity index (χ0n) is 14.8. The van der Waals surface area contributed by atoms with Crippen LogP contribution in [0.2, 0.25) is 0 Å². The maximum atomic E-state index is 12.2. The van der Waals surface area contributed by atoms with Crippen LogP contribution < -0.4 is 9.62 Å². The van der Waals surface area contributed by atoms with Gasteiger partial charge in [0, 0.05) is 18.7 Å². The maximum Gasteiger partial charge on any atom is 0.232 e. The van der Waals surface area contributed by atoms with Gasteiger partial charge in [0.1, 0.15) is 0 Å². The van der Waals surface area contributed by atoms with Crippen molar-refractivity contribution in [1.82, 2.24) is 0 Å². The van der Waals surface area contributed by atoms with Crippen molar-refractivity contribution in [2.45, 2.75) is 26.7 Å². The van der Waals surface area contributed by atoms with Crippen LogP contribution in [0, 0.1) is 13.8 Å². The molecule has 5 nitrogen and oxygen atoms in total. The van der Waals surface area contributed by atoms with Gasteiger partial charge in [-0.25, -0.2) is 8.42 Å². The van der Waals surface area contributed by atoms with Crippen LogP contribution in [0.3, 0.4) is 0 Å². The quantitative estimate of drug-likeness (QED) is 0.822. The van der Waals surface area contributed by atoms with Crippen LogP contribution in [0.25, 0.3) is 0 Å². The Kier molecular flexibility index (Phi) is 6.20. The fourth-order valence-corrected chi connectivity index (χ4v) is 3.61. The molecule has 0 saturated heterocycles. The predicted octanol–water partition coefficient (Wildman–Crippen LogP) is 3.49. The Balaban J connectivity index is 2.02. The summed E-state index contributed by atoms with van der Waals surface area (Å²) < 4.78 is 25.8. The van der Waals surface area contributed by atoms with E-state index in [-0.39, 0.29) is 18.9 Å². The predicted molar refractivity (Wildman–Crippen MR) is 102 cm³/mol. The number of carbonyl (C=O) groups excluding carboxylic acids is 1. The molecule has 0 heterocycles. The molecule has 0 aromatic heterocycles. The summed E-state index contributed by atoms with van der Waals surface area (Å²) >= 11 is 0. The van der Waals surface area contributed by atoms with E-state index in [2.05, 4.69) is 5.32 Å². The number of anilines is 2. The molecule has 25 heavy (non-hydrogen) atoms. The van der Waals surface area contributed by atoms with Crippen molar-refractivity contribution in [3.63, 3.8) is 0 Å². The third-order valence-corrected chi connectivity index (χ3v) is 5.25. The van der Waals surface area contributed by atoms with E-state index in [1.165, 1.54) is 10.6 Å². The monoisotopic (exact) mass is 360 g/mol. The van der Waals surface area contributed by atoms with Crippen molar-refractivity contribution >= 4 is 27.3 Å². The lowest BCUT2D eigenvalue weighted by Crippen LogP contribution is -2.32. The second-order valence-electron chi connectivity index (χ2n) is 6.07. The molecule has 2 rings (SSSR count). The lowest BCUT2D eigenvalue weighted by molar-refractivity contribution is -0.116. The molecule has 0 aliphatic rings. The first kappa shape index (κ1) is 19.0. The number of para-hydroxylation sites is 1. The molecule has 1 N–H and O–H groups in total. The molecule has 134 valence electrons. The molecule has 0 saturated carbocycles. The van der Waals surface area contributed by atoms with Gasteiger partial charge in [0.15, 0.2) is 0 Å². The second kappa shape index (κ2) is 8.16. The number of nitrogens with one attached hydrogen (secondary N) is 1. The Bertz CT molecular complexity index is 833. The van der Waals surface area contributed by atoms with Gasteiger partial charge < -0.3 is 5.32 Å². The molecule has 1 amide bonds. The Hall–Kier alpha value is -2.34. The van der Waals surface area contributed by atoms with E-state index in [1.807, 2.05) is 56.3 Å². The Morgan fingerprint density at radius 1 is 1.04 bits per heavy atom. The van der Waals surface area contributed by atoms with Gasteiger partial charge in [-0.2, -0.15) is 0 Å². The van der Waals surface area contributed by atoms with Gasteiger partial charge in [-0.05, 0) is 49.6 Å². The minimum atomic E-state index is -3.41. The minimum absolute atomic E-state index is 0.124. The number of amides is 1. The van der Waals surface area contributed by atoms with Gasteiger partial charge in [-0.15, -0.1) is 0 Å². The highest BCUT2D eigenvalue weighted by atomic mass is 32.2. The van der Waals surface area contributed by atoms with Gasteiger partial charge in [0.05, 0.1) is 11.9 Å². The Labute approximate surface area is 149 Å². The van der Waals surface area contributed by atoms with Crippen molar-refractivity contribution < 1.29 is 13.2 Å². The van der Waals surface area contributed by atoms with Crippen LogP contribution in [-0.4, -0.2) is 27.1 Å². The topological polar surface area (TPSA) is 66.5 Å². The summed E-state index contributed by atoms with van der Waals surface area (Å²) in [6.07, 6.45) is 1.89. The highest BCUT2D eigenvalue weighted by Crippen LogP contribution is 2.25. The molecule has 0 spiro atoms. The van der Waals surface area contributed by atoms with Crippen LogP contribution >= 0.6 is 0 Å². The number of benzene rings is 2. The van der Waals surface area contributed by atoms with E-state index in [1.54, 1.807) is 6.07 Å². The first-order valence-electron chi connectivity index (χ1n) is 8.18. The zero-order chi connectivity index (χ0) is 18.4.